The number of carbonyl (C=O) groups excluding carboxylic acids is 1. The van der Waals surface area contributed by atoms with Gasteiger partial charge in [-0.05, 0) is 44.4 Å². The summed E-state index contributed by atoms with van der Waals surface area (Å²) in [6, 6.07) is 16.9. The van der Waals surface area contributed by atoms with Crippen LogP contribution < -0.4 is 0 Å². The van der Waals surface area contributed by atoms with E-state index in [9.17, 15) is 18.7 Å². The predicted molar refractivity (Wildman–Crippen MR) is 108 cm³/mol. The monoisotopic (exact) mass is 413 g/mol. The van der Waals surface area contributed by atoms with E-state index in [1.807, 2.05) is 30.3 Å². The Labute approximate surface area is 170 Å². The highest BCUT2D eigenvalue weighted by Gasteiger charge is 2.51. The third-order valence-corrected chi connectivity index (χ3v) is 6.64. The van der Waals surface area contributed by atoms with Crippen LogP contribution >= 0.6 is 0 Å². The van der Waals surface area contributed by atoms with Crippen LogP contribution in [0.25, 0.3) is 5.53 Å². The first-order chi connectivity index (χ1) is 13.8. The Morgan fingerprint density at radius 2 is 1.72 bits per heavy atom. The molecule has 0 bridgehead atoms. The number of amides is 1. The van der Waals surface area contributed by atoms with Crippen molar-refractivity contribution < 1.29 is 22.7 Å². The standard InChI is InChI=1S/C21H23N3O4S/c1-21(2)24(17(15-28-21)14-13-16-9-5-3-6-10-16)20(25)19(23-22)29(26,27)18-11-7-4-8-12-18/h3-12,17H,13-15H2,1-2H3. The Morgan fingerprint density at radius 3 is 2.31 bits per heavy atom. The van der Waals surface area contributed by atoms with E-state index in [1.165, 1.54) is 29.2 Å². The van der Waals surface area contributed by atoms with Crippen LogP contribution in [0.3, 0.4) is 0 Å². The molecule has 2 aromatic rings. The second kappa shape index (κ2) is 8.29. The van der Waals surface area contributed by atoms with Crippen molar-refractivity contribution in [1.29, 1.82) is 0 Å². The van der Waals surface area contributed by atoms with Gasteiger partial charge in [0.1, 0.15) is 5.72 Å². The first-order valence-corrected chi connectivity index (χ1v) is 10.8. The molecule has 0 radical (unpaired) electrons. The Balaban J connectivity index is 1.88. The van der Waals surface area contributed by atoms with Crippen molar-refractivity contribution in [2.45, 2.75) is 43.4 Å². The number of hydrogen-bond donors (Lipinski definition) is 0. The van der Waals surface area contributed by atoms with Crippen molar-refractivity contribution >= 4 is 20.8 Å². The SMILES string of the molecule is CC1(C)OCC(CCc2ccccc2)N1C(=O)C(=[N+]=[N-])S(=O)(=O)c1ccccc1. The van der Waals surface area contributed by atoms with Crippen molar-refractivity contribution in [2.75, 3.05) is 6.61 Å². The van der Waals surface area contributed by atoms with Gasteiger partial charge in [0.05, 0.1) is 17.5 Å². The van der Waals surface area contributed by atoms with Gasteiger partial charge in [0.2, 0.25) is 0 Å². The minimum Gasteiger partial charge on any atom is -0.360 e. The maximum absolute atomic E-state index is 13.2. The van der Waals surface area contributed by atoms with E-state index in [-0.39, 0.29) is 17.5 Å². The highest BCUT2D eigenvalue weighted by Crippen LogP contribution is 2.31. The molecule has 2 aromatic carbocycles. The smallest absolute Gasteiger partial charge is 0.360 e. The van der Waals surface area contributed by atoms with Gasteiger partial charge in [0.15, 0.2) is 0 Å². The van der Waals surface area contributed by atoms with E-state index in [0.717, 1.165) is 5.56 Å². The largest absolute Gasteiger partial charge is 0.473 e. The van der Waals surface area contributed by atoms with Crippen LogP contribution in [-0.4, -0.2) is 47.4 Å². The summed E-state index contributed by atoms with van der Waals surface area (Å²) in [7, 11) is -4.28. The van der Waals surface area contributed by atoms with E-state index in [0.29, 0.717) is 12.8 Å². The zero-order chi connectivity index (χ0) is 21.1. The van der Waals surface area contributed by atoms with E-state index in [2.05, 4.69) is 4.79 Å². The normalized spacial score (nSPS) is 18.3. The van der Waals surface area contributed by atoms with Crippen LogP contribution in [0.1, 0.15) is 25.8 Å². The lowest BCUT2D eigenvalue weighted by Gasteiger charge is -2.32. The van der Waals surface area contributed by atoms with Crippen molar-refractivity contribution in [3.8, 4) is 0 Å². The second-order valence-electron chi connectivity index (χ2n) is 7.33. The zero-order valence-electron chi connectivity index (χ0n) is 16.4. The summed E-state index contributed by atoms with van der Waals surface area (Å²) in [6.45, 7) is 3.66. The minimum absolute atomic E-state index is 0.111. The fourth-order valence-electron chi connectivity index (χ4n) is 3.51. The van der Waals surface area contributed by atoms with Crippen molar-refractivity contribution in [1.82, 2.24) is 4.90 Å². The lowest BCUT2D eigenvalue weighted by Crippen LogP contribution is -2.52. The molecule has 1 atom stereocenters. The molecule has 0 N–H and O–H groups in total. The minimum atomic E-state index is -4.28. The Hall–Kier alpha value is -2.80. The van der Waals surface area contributed by atoms with Gasteiger partial charge >= 0.3 is 11.0 Å². The molecule has 1 unspecified atom stereocenters. The maximum atomic E-state index is 13.2. The van der Waals surface area contributed by atoms with E-state index in [4.69, 9.17) is 4.74 Å². The molecule has 0 saturated carbocycles. The molecular formula is C21H23N3O4S. The molecule has 29 heavy (non-hydrogen) atoms. The fourth-order valence-corrected chi connectivity index (χ4v) is 4.68. The summed E-state index contributed by atoms with van der Waals surface area (Å²) in [5.74, 6) is -0.878. The average Bonchev–Trinajstić information content (AvgIpc) is 3.02. The first-order valence-electron chi connectivity index (χ1n) is 9.31. The number of nitrogens with zero attached hydrogens (tertiary/aromatic N) is 3. The molecule has 1 saturated heterocycles. The third-order valence-electron chi connectivity index (χ3n) is 4.98. The van der Waals surface area contributed by atoms with Crippen LogP contribution in [0.15, 0.2) is 65.6 Å². The first kappa shape index (κ1) is 20.9. The topological polar surface area (TPSA) is 100 Å². The third kappa shape index (κ3) is 4.29. The number of benzene rings is 2. The van der Waals surface area contributed by atoms with E-state index < -0.39 is 26.5 Å². The van der Waals surface area contributed by atoms with Gasteiger partial charge in [-0.25, -0.2) is 8.42 Å². The second-order valence-corrected chi connectivity index (χ2v) is 9.20. The predicted octanol–water partition coefficient (Wildman–Crippen LogP) is 2.68. The number of rotatable bonds is 4. The molecule has 3 rings (SSSR count). The lowest BCUT2D eigenvalue weighted by atomic mass is 10.0. The molecule has 0 aromatic heterocycles. The zero-order valence-corrected chi connectivity index (χ0v) is 17.2. The Bertz CT molecular complexity index is 1030. The summed E-state index contributed by atoms with van der Waals surface area (Å²) in [4.78, 5) is 17.3. The number of sulfone groups is 1. The number of ether oxygens (including phenoxy) is 1. The molecule has 1 aliphatic heterocycles. The van der Waals surface area contributed by atoms with Crippen LogP contribution in [0, 0.1) is 0 Å². The number of carbonyl (C=O) groups is 1. The quantitative estimate of drug-likeness (QED) is 0.333. The maximum Gasteiger partial charge on any atom is 0.473 e. The Morgan fingerprint density at radius 1 is 1.14 bits per heavy atom. The molecule has 8 heteroatoms. The summed E-state index contributed by atoms with van der Waals surface area (Å²) in [5, 5.41) is -0.910. The molecule has 0 spiro atoms. The van der Waals surface area contributed by atoms with Crippen LogP contribution in [0.2, 0.25) is 0 Å². The van der Waals surface area contributed by atoms with Gasteiger partial charge in [-0.15, -0.1) is 4.79 Å². The molecule has 1 fully saturated rings. The van der Waals surface area contributed by atoms with Gasteiger partial charge in [-0.1, -0.05) is 48.5 Å². The van der Waals surface area contributed by atoms with E-state index in [1.54, 1.807) is 19.9 Å². The Kier molecular flexibility index (Phi) is 5.98. The molecular weight excluding hydrogens is 390 g/mol. The summed E-state index contributed by atoms with van der Waals surface area (Å²) < 4.78 is 31.5. The summed E-state index contributed by atoms with van der Waals surface area (Å²) >= 11 is 0. The van der Waals surface area contributed by atoms with Gasteiger partial charge in [0, 0.05) is 0 Å². The molecule has 0 aliphatic carbocycles. The molecule has 1 aliphatic rings. The van der Waals surface area contributed by atoms with Crippen molar-refractivity contribution in [2.24, 2.45) is 0 Å². The van der Waals surface area contributed by atoms with Gasteiger partial charge in [-0.2, -0.15) is 0 Å². The summed E-state index contributed by atoms with van der Waals surface area (Å²) in [6.07, 6.45) is 1.29. The summed E-state index contributed by atoms with van der Waals surface area (Å²) in [5.41, 5.74) is 9.52. The molecule has 1 heterocycles. The van der Waals surface area contributed by atoms with Crippen LogP contribution in [0.4, 0.5) is 0 Å². The lowest BCUT2D eigenvalue weighted by molar-refractivity contribution is -0.142. The van der Waals surface area contributed by atoms with Gasteiger partial charge < -0.3 is 10.3 Å². The van der Waals surface area contributed by atoms with Gasteiger partial charge in [-0.3, -0.25) is 9.69 Å². The van der Waals surface area contributed by atoms with Crippen LogP contribution in [-0.2, 0) is 25.8 Å². The molecule has 152 valence electrons. The van der Waals surface area contributed by atoms with Crippen LogP contribution in [0.5, 0.6) is 0 Å². The fraction of sp³-hybridized carbons (Fsp3) is 0.333. The molecule has 7 nitrogen and oxygen atoms in total. The van der Waals surface area contributed by atoms with Gasteiger partial charge in [0.25, 0.3) is 9.84 Å². The average molecular weight is 413 g/mol. The molecule has 1 amide bonds. The highest BCUT2D eigenvalue weighted by molar-refractivity contribution is 8.08. The number of hydrogen-bond acceptors (Lipinski definition) is 4. The van der Waals surface area contributed by atoms with E-state index >= 15 is 0 Å². The van der Waals surface area contributed by atoms with Crippen molar-refractivity contribution in [3.05, 3.63) is 71.8 Å². The number of aryl methyl sites for hydroxylation is 1. The van der Waals surface area contributed by atoms with Crippen molar-refractivity contribution in [3.63, 3.8) is 0 Å². The highest BCUT2D eigenvalue weighted by atomic mass is 32.2.